The fourth-order valence-electron chi connectivity index (χ4n) is 2.60. The van der Waals surface area contributed by atoms with Gasteiger partial charge in [0, 0.05) is 23.7 Å². The predicted octanol–water partition coefficient (Wildman–Crippen LogP) is 3.25. The Hall–Kier alpha value is -1.90. The maximum Gasteiger partial charge on any atom is 0.255 e. The van der Waals surface area contributed by atoms with Crippen LogP contribution in [0.5, 0.6) is 0 Å². The van der Waals surface area contributed by atoms with Crippen LogP contribution in [0.2, 0.25) is 0 Å². The van der Waals surface area contributed by atoms with Crippen LogP contribution >= 0.6 is 0 Å². The number of hydrogen-bond donors (Lipinski definition) is 0. The third kappa shape index (κ3) is 2.21. The molecule has 19 heavy (non-hydrogen) atoms. The van der Waals surface area contributed by atoms with Crippen LogP contribution in [0.4, 0.5) is 0 Å². The lowest BCUT2D eigenvalue weighted by Crippen LogP contribution is -2.38. The third-order valence-electron chi connectivity index (χ3n) is 3.61. The van der Waals surface area contributed by atoms with Gasteiger partial charge in [-0.15, -0.1) is 0 Å². The molecule has 1 aliphatic carbocycles. The Morgan fingerprint density at radius 1 is 1.26 bits per heavy atom. The summed E-state index contributed by atoms with van der Waals surface area (Å²) in [5.41, 5.74) is 1.65. The molecule has 3 rings (SSSR count). The van der Waals surface area contributed by atoms with E-state index < -0.39 is 0 Å². The van der Waals surface area contributed by atoms with Crippen LogP contribution in [0.3, 0.4) is 0 Å². The molecule has 0 atom stereocenters. The van der Waals surface area contributed by atoms with Crippen molar-refractivity contribution >= 4 is 16.8 Å². The summed E-state index contributed by atoms with van der Waals surface area (Å²) in [5.74, 6) is 0.135. The number of para-hydroxylation sites is 1. The lowest BCUT2D eigenvalue weighted by molar-refractivity contribution is 0.0692. The minimum Gasteiger partial charge on any atom is -0.333 e. The van der Waals surface area contributed by atoms with Crippen LogP contribution < -0.4 is 0 Å². The van der Waals surface area contributed by atoms with Gasteiger partial charge >= 0.3 is 0 Å². The van der Waals surface area contributed by atoms with Gasteiger partial charge in [0.2, 0.25) is 0 Å². The van der Waals surface area contributed by atoms with E-state index in [1.807, 2.05) is 35.2 Å². The molecule has 1 aromatic heterocycles. The molecule has 3 heteroatoms. The van der Waals surface area contributed by atoms with Crippen molar-refractivity contribution in [1.29, 1.82) is 0 Å². The van der Waals surface area contributed by atoms with Crippen molar-refractivity contribution < 1.29 is 4.79 Å². The van der Waals surface area contributed by atoms with Crippen molar-refractivity contribution in [3.63, 3.8) is 0 Å². The molecule has 0 radical (unpaired) electrons. The summed E-state index contributed by atoms with van der Waals surface area (Å²) in [5, 5.41) is 0.946. The Morgan fingerprint density at radius 2 is 2.00 bits per heavy atom. The predicted molar refractivity (Wildman–Crippen MR) is 76.1 cm³/mol. The maximum absolute atomic E-state index is 12.8. The van der Waals surface area contributed by atoms with Gasteiger partial charge in [-0.25, -0.2) is 0 Å². The fraction of sp³-hybridized carbons (Fsp3) is 0.375. The molecule has 0 aliphatic heterocycles. The number of carbonyl (C=O) groups excluding carboxylic acids is 1. The number of pyridine rings is 1. The highest BCUT2D eigenvalue weighted by Crippen LogP contribution is 2.31. The number of carbonyl (C=O) groups is 1. The minimum absolute atomic E-state index is 0.135. The lowest BCUT2D eigenvalue weighted by atomic mass is 10.1. The topological polar surface area (TPSA) is 33.2 Å². The first-order valence-corrected chi connectivity index (χ1v) is 6.85. The summed E-state index contributed by atoms with van der Waals surface area (Å²) >= 11 is 0. The molecule has 1 amide bonds. The number of nitrogens with zero attached hydrogens (tertiary/aromatic N) is 2. The van der Waals surface area contributed by atoms with E-state index in [1.165, 1.54) is 0 Å². The second kappa shape index (κ2) is 4.65. The highest BCUT2D eigenvalue weighted by atomic mass is 16.2. The summed E-state index contributed by atoms with van der Waals surface area (Å²) in [4.78, 5) is 19.1. The summed E-state index contributed by atoms with van der Waals surface area (Å²) in [6.45, 7) is 4.17. The van der Waals surface area contributed by atoms with Crippen LogP contribution in [0.1, 0.15) is 37.0 Å². The average Bonchev–Trinajstić information content (AvgIpc) is 3.22. The zero-order valence-corrected chi connectivity index (χ0v) is 11.3. The summed E-state index contributed by atoms with van der Waals surface area (Å²) in [6.07, 6.45) is 3.99. The van der Waals surface area contributed by atoms with E-state index >= 15 is 0 Å². The molecule has 1 fully saturated rings. The number of hydrogen-bond acceptors (Lipinski definition) is 2. The van der Waals surface area contributed by atoms with E-state index in [0.717, 1.165) is 29.3 Å². The van der Waals surface area contributed by atoms with E-state index in [1.54, 1.807) is 6.20 Å². The number of amides is 1. The number of rotatable bonds is 3. The van der Waals surface area contributed by atoms with E-state index in [0.29, 0.717) is 6.04 Å². The van der Waals surface area contributed by atoms with Crippen molar-refractivity contribution in [3.05, 3.63) is 42.1 Å². The average molecular weight is 254 g/mol. The first kappa shape index (κ1) is 12.2. The summed E-state index contributed by atoms with van der Waals surface area (Å²) in [6, 6.07) is 10.3. The van der Waals surface area contributed by atoms with Crippen molar-refractivity contribution in [2.75, 3.05) is 0 Å². The first-order valence-electron chi connectivity index (χ1n) is 6.85. The number of benzene rings is 1. The normalized spacial score (nSPS) is 14.9. The Labute approximate surface area is 113 Å². The maximum atomic E-state index is 12.8. The van der Waals surface area contributed by atoms with Crippen molar-refractivity contribution in [2.24, 2.45) is 0 Å². The highest BCUT2D eigenvalue weighted by Gasteiger charge is 2.35. The largest absolute Gasteiger partial charge is 0.333 e. The third-order valence-corrected chi connectivity index (χ3v) is 3.61. The van der Waals surface area contributed by atoms with Crippen LogP contribution in [-0.2, 0) is 0 Å². The van der Waals surface area contributed by atoms with Gasteiger partial charge in [-0.1, -0.05) is 18.2 Å². The highest BCUT2D eigenvalue weighted by molar-refractivity contribution is 6.06. The minimum atomic E-state index is 0.135. The first-order chi connectivity index (χ1) is 9.18. The molecular formula is C16H18N2O. The molecule has 0 spiro atoms. The van der Waals surface area contributed by atoms with E-state index in [4.69, 9.17) is 0 Å². The zero-order valence-electron chi connectivity index (χ0n) is 11.3. The molecule has 2 aromatic rings. The number of fused-ring (bicyclic) bond motifs is 1. The van der Waals surface area contributed by atoms with Crippen LogP contribution in [0.15, 0.2) is 36.5 Å². The van der Waals surface area contributed by atoms with Gasteiger partial charge in [0.1, 0.15) is 0 Å². The smallest absolute Gasteiger partial charge is 0.255 e. The Balaban J connectivity index is 2.05. The van der Waals surface area contributed by atoms with Gasteiger partial charge in [0.05, 0.1) is 11.1 Å². The Morgan fingerprint density at radius 3 is 2.68 bits per heavy atom. The van der Waals surface area contributed by atoms with Crippen molar-refractivity contribution in [2.45, 2.75) is 38.8 Å². The van der Waals surface area contributed by atoms with E-state index in [2.05, 4.69) is 18.8 Å². The SMILES string of the molecule is CC(C)N(C(=O)c1ccnc2ccccc12)C1CC1. The van der Waals surface area contributed by atoms with Gasteiger partial charge in [0.25, 0.3) is 5.91 Å². The number of aromatic nitrogens is 1. The monoisotopic (exact) mass is 254 g/mol. The van der Waals surface area contributed by atoms with Gasteiger partial charge in [-0.05, 0) is 38.8 Å². The van der Waals surface area contributed by atoms with Crippen molar-refractivity contribution in [1.82, 2.24) is 9.88 Å². The quantitative estimate of drug-likeness (QED) is 0.842. The van der Waals surface area contributed by atoms with Gasteiger partial charge in [0.15, 0.2) is 0 Å². The van der Waals surface area contributed by atoms with E-state index in [-0.39, 0.29) is 11.9 Å². The second-order valence-electron chi connectivity index (χ2n) is 5.41. The molecule has 3 nitrogen and oxygen atoms in total. The van der Waals surface area contributed by atoms with E-state index in [9.17, 15) is 4.79 Å². The molecular weight excluding hydrogens is 236 g/mol. The molecule has 98 valence electrons. The molecule has 1 aromatic carbocycles. The van der Waals surface area contributed by atoms with Crippen molar-refractivity contribution in [3.8, 4) is 0 Å². The van der Waals surface area contributed by atoms with Gasteiger partial charge in [-0.3, -0.25) is 9.78 Å². The summed E-state index contributed by atoms with van der Waals surface area (Å²) in [7, 11) is 0. The molecule has 0 N–H and O–H groups in total. The molecule has 0 saturated heterocycles. The van der Waals surface area contributed by atoms with Crippen LogP contribution in [0.25, 0.3) is 10.9 Å². The van der Waals surface area contributed by atoms with Crippen LogP contribution in [-0.4, -0.2) is 27.9 Å². The molecule has 1 saturated carbocycles. The lowest BCUT2D eigenvalue weighted by Gasteiger charge is -2.27. The standard InChI is InChI=1S/C16H18N2O/c1-11(2)18(12-7-8-12)16(19)14-9-10-17-15-6-4-3-5-13(14)15/h3-6,9-12H,7-8H2,1-2H3. The summed E-state index contributed by atoms with van der Waals surface area (Å²) < 4.78 is 0. The Bertz CT molecular complexity index is 610. The van der Waals surface area contributed by atoms with Crippen LogP contribution in [0, 0.1) is 0 Å². The fourth-order valence-corrected chi connectivity index (χ4v) is 2.60. The molecule has 0 unspecified atom stereocenters. The Kier molecular flexibility index (Phi) is 2.97. The molecule has 1 aliphatic rings. The molecule has 0 bridgehead atoms. The molecule has 1 heterocycles. The zero-order chi connectivity index (χ0) is 13.4. The van der Waals surface area contributed by atoms with Gasteiger partial charge < -0.3 is 4.90 Å². The van der Waals surface area contributed by atoms with Gasteiger partial charge in [-0.2, -0.15) is 0 Å². The second-order valence-corrected chi connectivity index (χ2v) is 5.41.